The van der Waals surface area contributed by atoms with Crippen molar-refractivity contribution in [2.45, 2.75) is 25.9 Å². The molecular weight excluding hydrogens is 437 g/mol. The Morgan fingerprint density at radius 1 is 1.10 bits per heavy atom. The van der Waals surface area contributed by atoms with E-state index in [0.29, 0.717) is 11.5 Å². The van der Waals surface area contributed by atoms with Gasteiger partial charge in [-0.25, -0.2) is 21.6 Å². The number of hydrogen-bond donors (Lipinski definition) is 0. The monoisotopic (exact) mass is 453 g/mol. The van der Waals surface area contributed by atoms with Crippen LogP contribution in [0.4, 0.5) is 22.0 Å². The number of sulfone groups is 1. The number of nitrogens with zero attached hydrogens (tertiary/aromatic N) is 1. The highest BCUT2D eigenvalue weighted by atomic mass is 32.2. The minimum absolute atomic E-state index is 0.121. The highest BCUT2D eigenvalue weighted by Crippen LogP contribution is 2.29. The van der Waals surface area contributed by atoms with Crippen molar-refractivity contribution in [2.75, 3.05) is 18.1 Å². The van der Waals surface area contributed by atoms with Gasteiger partial charge in [-0.3, -0.25) is 4.79 Å². The van der Waals surface area contributed by atoms with Crippen molar-refractivity contribution >= 4 is 15.7 Å². The molecule has 12 heteroatoms. The van der Waals surface area contributed by atoms with Crippen LogP contribution in [0.3, 0.4) is 0 Å². The molecule has 0 aliphatic carbocycles. The molecule has 1 saturated heterocycles. The molecular formula is C18H16F5NO5S. The highest BCUT2D eigenvalue weighted by molar-refractivity contribution is 7.91. The average molecular weight is 453 g/mol. The predicted octanol–water partition coefficient (Wildman–Crippen LogP) is 2.88. The molecule has 0 radical (unpaired) electrons. The van der Waals surface area contributed by atoms with Gasteiger partial charge in [0.1, 0.15) is 11.5 Å². The summed E-state index contributed by atoms with van der Waals surface area (Å²) in [7, 11) is -3.38. The second kappa shape index (κ2) is 8.25. The normalized spacial score (nSPS) is 17.9. The van der Waals surface area contributed by atoms with Gasteiger partial charge in [-0.2, -0.15) is 8.78 Å². The van der Waals surface area contributed by atoms with Gasteiger partial charge in [-0.15, -0.1) is 0 Å². The molecule has 0 bridgehead atoms. The fraction of sp³-hybridized carbons (Fsp3) is 0.389. The van der Waals surface area contributed by atoms with Gasteiger partial charge in [0.15, 0.2) is 22.2 Å². The molecule has 2 heterocycles. The lowest BCUT2D eigenvalue weighted by molar-refractivity contribution is -0.136. The Labute approximate surface area is 168 Å². The third-order valence-electron chi connectivity index (χ3n) is 4.60. The first-order valence-corrected chi connectivity index (χ1v) is 10.5. The van der Waals surface area contributed by atoms with Crippen LogP contribution >= 0.6 is 0 Å². The molecule has 0 unspecified atom stereocenters. The third-order valence-corrected chi connectivity index (χ3v) is 6.35. The fourth-order valence-electron chi connectivity index (χ4n) is 3.11. The van der Waals surface area contributed by atoms with Crippen molar-refractivity contribution in [2.24, 2.45) is 0 Å². The number of furan rings is 1. The number of halogens is 5. The van der Waals surface area contributed by atoms with Crippen LogP contribution in [0.1, 0.15) is 17.9 Å². The van der Waals surface area contributed by atoms with Gasteiger partial charge in [0.25, 0.3) is 5.91 Å². The number of aryl methyl sites for hydroxylation is 1. The molecule has 1 atom stereocenters. The molecule has 164 valence electrons. The Bertz CT molecular complexity index is 1060. The molecule has 30 heavy (non-hydrogen) atoms. The van der Waals surface area contributed by atoms with Crippen LogP contribution in [0.2, 0.25) is 0 Å². The topological polar surface area (TPSA) is 76.8 Å². The Morgan fingerprint density at radius 3 is 2.20 bits per heavy atom. The summed E-state index contributed by atoms with van der Waals surface area (Å²) >= 11 is 0. The smallest absolute Gasteiger partial charge is 0.261 e. The van der Waals surface area contributed by atoms with Crippen LogP contribution in [0, 0.1) is 36.0 Å². The summed E-state index contributed by atoms with van der Waals surface area (Å²) in [6.45, 7) is 0.421. The average Bonchev–Trinajstić information content (AvgIpc) is 3.27. The lowest BCUT2D eigenvalue weighted by atomic mass is 10.2. The zero-order chi connectivity index (χ0) is 22.2. The van der Waals surface area contributed by atoms with E-state index in [9.17, 15) is 35.2 Å². The highest BCUT2D eigenvalue weighted by Gasteiger charge is 2.36. The third kappa shape index (κ3) is 4.42. The van der Waals surface area contributed by atoms with Gasteiger partial charge in [0.2, 0.25) is 29.1 Å². The predicted molar refractivity (Wildman–Crippen MR) is 92.8 cm³/mol. The van der Waals surface area contributed by atoms with Gasteiger partial charge in [-0.1, -0.05) is 0 Å². The van der Waals surface area contributed by atoms with Crippen molar-refractivity contribution in [1.29, 1.82) is 0 Å². The maximum absolute atomic E-state index is 13.7. The van der Waals surface area contributed by atoms with Crippen LogP contribution in [-0.4, -0.2) is 43.4 Å². The summed E-state index contributed by atoms with van der Waals surface area (Å²) in [4.78, 5) is 13.7. The van der Waals surface area contributed by atoms with E-state index in [1.165, 1.54) is 0 Å². The van der Waals surface area contributed by atoms with E-state index >= 15 is 0 Å². The SMILES string of the molecule is Cc1ccc(CN(C(=O)COc2c(F)c(F)c(F)c(F)c2F)[C@H]2CCS(=O)(=O)C2)o1. The molecule has 3 rings (SSSR count). The number of amides is 1. The van der Waals surface area contributed by atoms with Gasteiger partial charge in [0, 0.05) is 6.04 Å². The Kier molecular flexibility index (Phi) is 6.06. The standard InChI is InChI=1S/C18H16F5NO5S/c1-9-2-3-11(29-9)6-24(10-4-5-30(26,27)8-10)12(25)7-28-18-16(22)14(20)13(19)15(21)17(18)23/h2-3,10H,4-8H2,1H3/t10-/m0/s1. The Morgan fingerprint density at radius 2 is 1.70 bits per heavy atom. The molecule has 1 amide bonds. The summed E-state index contributed by atoms with van der Waals surface area (Å²) in [5.74, 6) is -13.3. The van der Waals surface area contributed by atoms with E-state index in [0.717, 1.165) is 4.90 Å². The molecule has 1 aliphatic heterocycles. The molecule has 1 aromatic carbocycles. The van der Waals surface area contributed by atoms with Crippen LogP contribution < -0.4 is 4.74 Å². The fourth-order valence-corrected chi connectivity index (χ4v) is 4.84. The molecule has 1 aromatic heterocycles. The van der Waals surface area contributed by atoms with Gasteiger partial charge in [-0.05, 0) is 25.5 Å². The summed E-state index contributed by atoms with van der Waals surface area (Å²) < 4.78 is 101. The molecule has 2 aromatic rings. The first kappa shape index (κ1) is 22.1. The van der Waals surface area contributed by atoms with Gasteiger partial charge >= 0.3 is 0 Å². The van der Waals surface area contributed by atoms with E-state index in [2.05, 4.69) is 4.74 Å². The second-order valence-electron chi connectivity index (χ2n) is 6.78. The van der Waals surface area contributed by atoms with Crippen LogP contribution in [0.15, 0.2) is 16.5 Å². The molecule has 1 fully saturated rings. The van der Waals surface area contributed by atoms with Gasteiger partial charge in [0.05, 0.1) is 18.1 Å². The minimum atomic E-state index is -3.38. The Hall–Kier alpha value is -2.63. The maximum Gasteiger partial charge on any atom is 0.261 e. The molecule has 6 nitrogen and oxygen atoms in total. The first-order chi connectivity index (χ1) is 14.0. The van der Waals surface area contributed by atoms with Crippen molar-refractivity contribution < 1.29 is 44.3 Å². The summed E-state index contributed by atoms with van der Waals surface area (Å²) in [6.07, 6.45) is 0.121. The zero-order valence-corrected chi connectivity index (χ0v) is 16.4. The van der Waals surface area contributed by atoms with E-state index < -0.39 is 63.2 Å². The lowest BCUT2D eigenvalue weighted by Gasteiger charge is -2.27. The number of benzene rings is 1. The Balaban J connectivity index is 1.82. The van der Waals surface area contributed by atoms with Crippen molar-refractivity contribution in [3.8, 4) is 5.75 Å². The maximum atomic E-state index is 13.7. The van der Waals surface area contributed by atoms with E-state index in [-0.39, 0.29) is 24.5 Å². The minimum Gasteiger partial charge on any atom is -0.477 e. The first-order valence-electron chi connectivity index (χ1n) is 8.69. The van der Waals surface area contributed by atoms with E-state index in [1.54, 1.807) is 19.1 Å². The largest absolute Gasteiger partial charge is 0.477 e. The van der Waals surface area contributed by atoms with Crippen LogP contribution in [0.5, 0.6) is 5.75 Å². The quantitative estimate of drug-likeness (QED) is 0.382. The van der Waals surface area contributed by atoms with E-state index in [1.807, 2.05) is 0 Å². The van der Waals surface area contributed by atoms with Crippen molar-refractivity contribution in [3.05, 3.63) is 52.7 Å². The molecule has 1 aliphatic rings. The summed E-state index contributed by atoms with van der Waals surface area (Å²) in [6, 6.07) is 2.42. The summed E-state index contributed by atoms with van der Waals surface area (Å²) in [5.41, 5.74) is 0. The second-order valence-corrected chi connectivity index (χ2v) is 9.01. The molecule has 0 spiro atoms. The van der Waals surface area contributed by atoms with E-state index in [4.69, 9.17) is 4.42 Å². The van der Waals surface area contributed by atoms with Crippen LogP contribution in [0.25, 0.3) is 0 Å². The summed E-state index contributed by atoms with van der Waals surface area (Å²) in [5, 5.41) is 0. The number of ether oxygens (including phenoxy) is 1. The lowest BCUT2D eigenvalue weighted by Crippen LogP contribution is -2.43. The van der Waals surface area contributed by atoms with Gasteiger partial charge < -0.3 is 14.1 Å². The van der Waals surface area contributed by atoms with Crippen molar-refractivity contribution in [3.63, 3.8) is 0 Å². The number of rotatable bonds is 6. The van der Waals surface area contributed by atoms with Crippen LogP contribution in [-0.2, 0) is 21.2 Å². The zero-order valence-electron chi connectivity index (χ0n) is 15.6. The number of carbonyl (C=O) groups is 1. The number of carbonyl (C=O) groups excluding carboxylic acids is 1. The molecule has 0 N–H and O–H groups in total. The number of hydrogen-bond acceptors (Lipinski definition) is 5. The van der Waals surface area contributed by atoms with Crippen molar-refractivity contribution in [1.82, 2.24) is 4.90 Å². The molecule has 0 saturated carbocycles.